The third kappa shape index (κ3) is 4.64. The molecular formula is C23H21N5O2. The molecule has 2 aromatic heterocycles. The average molecular weight is 399 g/mol. The van der Waals surface area contributed by atoms with Gasteiger partial charge in [-0.25, -0.2) is 4.98 Å². The van der Waals surface area contributed by atoms with Crippen molar-refractivity contribution in [1.29, 1.82) is 0 Å². The molecule has 0 atom stereocenters. The number of rotatable bonds is 6. The van der Waals surface area contributed by atoms with Gasteiger partial charge in [-0.2, -0.15) is 4.98 Å². The van der Waals surface area contributed by atoms with Crippen LogP contribution >= 0.6 is 0 Å². The van der Waals surface area contributed by atoms with E-state index in [0.717, 1.165) is 39.9 Å². The Labute approximate surface area is 174 Å². The number of benzene rings is 2. The van der Waals surface area contributed by atoms with Gasteiger partial charge in [0.25, 0.3) is 0 Å². The van der Waals surface area contributed by atoms with E-state index in [1.807, 2.05) is 67.6 Å². The second-order valence-corrected chi connectivity index (χ2v) is 6.61. The number of hydrogen-bond acceptors (Lipinski definition) is 7. The molecule has 3 N–H and O–H groups in total. The summed E-state index contributed by atoms with van der Waals surface area (Å²) in [5.74, 6) is 3.04. The summed E-state index contributed by atoms with van der Waals surface area (Å²) in [6.07, 6.45) is 1.72. The first-order valence-electron chi connectivity index (χ1n) is 9.35. The third-order valence-electron chi connectivity index (χ3n) is 4.35. The number of nitrogens with one attached hydrogen (secondary N) is 1. The van der Waals surface area contributed by atoms with E-state index in [0.29, 0.717) is 11.8 Å². The maximum Gasteiger partial charge on any atom is 0.229 e. The third-order valence-corrected chi connectivity index (χ3v) is 4.35. The van der Waals surface area contributed by atoms with Crippen LogP contribution in [0.25, 0.3) is 11.3 Å². The molecule has 2 aromatic carbocycles. The summed E-state index contributed by atoms with van der Waals surface area (Å²) in [6.45, 7) is 1.92. The molecule has 0 unspecified atom stereocenters. The summed E-state index contributed by atoms with van der Waals surface area (Å²) in [5.41, 5.74) is 9.35. The largest absolute Gasteiger partial charge is 0.497 e. The van der Waals surface area contributed by atoms with E-state index >= 15 is 0 Å². The number of nitrogens with zero attached hydrogens (tertiary/aromatic N) is 3. The number of methoxy groups -OCH3 is 1. The summed E-state index contributed by atoms with van der Waals surface area (Å²) >= 11 is 0. The predicted octanol–water partition coefficient (Wildman–Crippen LogP) is 4.97. The van der Waals surface area contributed by atoms with Crippen LogP contribution in [-0.4, -0.2) is 22.1 Å². The molecule has 0 amide bonds. The Morgan fingerprint density at radius 3 is 2.27 bits per heavy atom. The first kappa shape index (κ1) is 19.2. The predicted molar refractivity (Wildman–Crippen MR) is 117 cm³/mol. The lowest BCUT2D eigenvalue weighted by atomic mass is 10.1. The van der Waals surface area contributed by atoms with E-state index in [1.54, 1.807) is 19.4 Å². The lowest BCUT2D eigenvalue weighted by Gasteiger charge is -2.10. The van der Waals surface area contributed by atoms with E-state index < -0.39 is 0 Å². The summed E-state index contributed by atoms with van der Waals surface area (Å²) < 4.78 is 11.1. The summed E-state index contributed by atoms with van der Waals surface area (Å²) in [6, 6.07) is 20.6. The van der Waals surface area contributed by atoms with Crippen LogP contribution in [0.2, 0.25) is 0 Å². The van der Waals surface area contributed by atoms with Crippen molar-refractivity contribution >= 4 is 17.5 Å². The number of nitrogens with two attached hydrogens (primary N) is 1. The molecule has 0 spiro atoms. The van der Waals surface area contributed by atoms with Crippen LogP contribution in [0.3, 0.4) is 0 Å². The molecule has 150 valence electrons. The first-order valence-corrected chi connectivity index (χ1v) is 9.35. The molecule has 7 nitrogen and oxygen atoms in total. The number of anilines is 3. The summed E-state index contributed by atoms with van der Waals surface area (Å²) in [5, 5.41) is 3.19. The van der Waals surface area contributed by atoms with Crippen molar-refractivity contribution in [3.8, 4) is 28.5 Å². The van der Waals surface area contributed by atoms with Crippen molar-refractivity contribution in [2.24, 2.45) is 0 Å². The molecule has 4 rings (SSSR count). The molecule has 4 aromatic rings. The zero-order chi connectivity index (χ0) is 20.9. The highest BCUT2D eigenvalue weighted by Gasteiger charge is 2.07. The van der Waals surface area contributed by atoms with E-state index in [9.17, 15) is 0 Å². The molecule has 7 heteroatoms. The fourth-order valence-electron chi connectivity index (χ4n) is 2.89. The SMILES string of the molecule is COc1ccc(-c2cc(N)nc(Nc3ccc(Oc4ccnc(C)c4)cc3)n2)cc1. The number of hydrogen-bond donors (Lipinski definition) is 2. The molecule has 0 bridgehead atoms. The van der Waals surface area contributed by atoms with Crippen molar-refractivity contribution < 1.29 is 9.47 Å². The van der Waals surface area contributed by atoms with Crippen molar-refractivity contribution in [1.82, 2.24) is 15.0 Å². The van der Waals surface area contributed by atoms with E-state index in [2.05, 4.69) is 20.3 Å². The summed E-state index contributed by atoms with van der Waals surface area (Å²) in [7, 11) is 1.63. The molecule has 0 saturated carbocycles. The number of aryl methyl sites for hydroxylation is 1. The highest BCUT2D eigenvalue weighted by Crippen LogP contribution is 2.26. The fourth-order valence-corrected chi connectivity index (χ4v) is 2.89. The zero-order valence-corrected chi connectivity index (χ0v) is 16.7. The molecule has 0 aliphatic heterocycles. The topological polar surface area (TPSA) is 95.2 Å². The van der Waals surface area contributed by atoms with Gasteiger partial charge in [-0.3, -0.25) is 4.98 Å². The van der Waals surface area contributed by atoms with Crippen LogP contribution in [0.15, 0.2) is 72.9 Å². The second kappa shape index (κ2) is 8.48. The van der Waals surface area contributed by atoms with Crippen molar-refractivity contribution in [3.05, 3.63) is 78.6 Å². The Kier molecular flexibility index (Phi) is 5.43. The van der Waals surface area contributed by atoms with Crippen LogP contribution in [-0.2, 0) is 0 Å². The number of ether oxygens (including phenoxy) is 2. The Hall–Kier alpha value is -4.13. The van der Waals surface area contributed by atoms with E-state index in [-0.39, 0.29) is 0 Å². The van der Waals surface area contributed by atoms with Crippen molar-refractivity contribution in [3.63, 3.8) is 0 Å². The van der Waals surface area contributed by atoms with Crippen molar-refractivity contribution in [2.75, 3.05) is 18.2 Å². The Bertz CT molecular complexity index is 1150. The Balaban J connectivity index is 1.50. The van der Waals surface area contributed by atoms with Gasteiger partial charge < -0.3 is 20.5 Å². The monoisotopic (exact) mass is 399 g/mol. The summed E-state index contributed by atoms with van der Waals surface area (Å²) in [4.78, 5) is 13.0. The molecule has 0 aliphatic carbocycles. The molecule has 0 radical (unpaired) electrons. The van der Waals surface area contributed by atoms with Gasteiger partial charge in [0.1, 0.15) is 23.1 Å². The molecule has 30 heavy (non-hydrogen) atoms. The Morgan fingerprint density at radius 2 is 1.57 bits per heavy atom. The molecule has 0 saturated heterocycles. The van der Waals surface area contributed by atoms with Gasteiger partial charge in [-0.05, 0) is 61.5 Å². The average Bonchev–Trinajstić information content (AvgIpc) is 2.75. The minimum absolute atomic E-state index is 0.381. The lowest BCUT2D eigenvalue weighted by Crippen LogP contribution is -2.02. The van der Waals surface area contributed by atoms with Gasteiger partial charge in [0.15, 0.2) is 0 Å². The maximum atomic E-state index is 5.99. The van der Waals surface area contributed by atoms with Crippen LogP contribution in [0.4, 0.5) is 17.5 Å². The van der Waals surface area contributed by atoms with Crippen LogP contribution in [0, 0.1) is 6.92 Å². The number of nitrogen functional groups attached to an aromatic ring is 1. The van der Waals surface area contributed by atoms with Crippen molar-refractivity contribution in [2.45, 2.75) is 6.92 Å². The van der Waals surface area contributed by atoms with Gasteiger partial charge in [-0.1, -0.05) is 0 Å². The molecule has 2 heterocycles. The van der Waals surface area contributed by atoms with Gasteiger partial charge >= 0.3 is 0 Å². The normalized spacial score (nSPS) is 10.5. The highest BCUT2D eigenvalue weighted by atomic mass is 16.5. The minimum Gasteiger partial charge on any atom is -0.497 e. The Morgan fingerprint density at radius 1 is 0.833 bits per heavy atom. The van der Waals surface area contributed by atoms with Gasteiger partial charge in [0.05, 0.1) is 12.8 Å². The fraction of sp³-hybridized carbons (Fsp3) is 0.0870. The quantitative estimate of drug-likeness (QED) is 0.472. The number of pyridine rings is 1. The van der Waals surface area contributed by atoms with Gasteiger partial charge in [0, 0.05) is 35.3 Å². The zero-order valence-electron chi connectivity index (χ0n) is 16.7. The number of aromatic nitrogens is 3. The van der Waals surface area contributed by atoms with Gasteiger partial charge in [-0.15, -0.1) is 0 Å². The van der Waals surface area contributed by atoms with Gasteiger partial charge in [0.2, 0.25) is 5.95 Å². The highest BCUT2D eigenvalue weighted by molar-refractivity contribution is 5.66. The van der Waals surface area contributed by atoms with Crippen LogP contribution in [0.5, 0.6) is 17.2 Å². The maximum absolute atomic E-state index is 5.99. The lowest BCUT2D eigenvalue weighted by molar-refractivity contribution is 0.415. The molecule has 0 fully saturated rings. The molecular weight excluding hydrogens is 378 g/mol. The molecule has 0 aliphatic rings. The standard InChI is InChI=1S/C23H21N5O2/c1-15-13-20(11-12-25-15)30-19-9-5-17(6-10-19)26-23-27-21(14-22(24)28-23)16-3-7-18(29-2)8-4-16/h3-14H,1-2H3,(H3,24,26,27,28). The smallest absolute Gasteiger partial charge is 0.229 e. The minimum atomic E-state index is 0.381. The van der Waals surface area contributed by atoms with Crippen LogP contribution in [0.1, 0.15) is 5.69 Å². The van der Waals surface area contributed by atoms with E-state index in [4.69, 9.17) is 15.2 Å². The second-order valence-electron chi connectivity index (χ2n) is 6.61. The van der Waals surface area contributed by atoms with Crippen LogP contribution < -0.4 is 20.5 Å². The first-order chi connectivity index (χ1) is 14.6. The van der Waals surface area contributed by atoms with E-state index in [1.165, 1.54) is 0 Å².